The van der Waals surface area contributed by atoms with Crippen molar-refractivity contribution in [3.05, 3.63) is 35.9 Å². The zero-order chi connectivity index (χ0) is 20.6. The fourth-order valence-electron chi connectivity index (χ4n) is 5.11. The van der Waals surface area contributed by atoms with E-state index in [1.165, 1.54) is 37.7 Å². The van der Waals surface area contributed by atoms with Gasteiger partial charge in [-0.1, -0.05) is 69.2 Å². The van der Waals surface area contributed by atoms with Gasteiger partial charge in [0.25, 0.3) is 0 Å². The van der Waals surface area contributed by atoms with Gasteiger partial charge in [-0.25, -0.2) is 0 Å². The molecule has 29 heavy (non-hydrogen) atoms. The van der Waals surface area contributed by atoms with Crippen LogP contribution in [-0.4, -0.2) is 43.8 Å². The molecule has 1 saturated carbocycles. The van der Waals surface area contributed by atoms with E-state index in [2.05, 4.69) is 69.1 Å². The lowest BCUT2D eigenvalue weighted by Crippen LogP contribution is -2.62. The van der Waals surface area contributed by atoms with Crippen molar-refractivity contribution in [2.75, 3.05) is 13.1 Å². The monoisotopic (exact) mass is 416 g/mol. The number of likely N-dealkylation sites (tertiary alicyclic amines) is 1. The van der Waals surface area contributed by atoms with Crippen molar-refractivity contribution >= 4 is 8.32 Å². The van der Waals surface area contributed by atoms with Crippen LogP contribution >= 0.6 is 0 Å². The first kappa shape index (κ1) is 21.5. The third-order valence-corrected chi connectivity index (χ3v) is 12.1. The molecule has 0 radical (unpaired) electrons. The molecule has 0 bridgehead atoms. The van der Waals surface area contributed by atoms with Gasteiger partial charge in [0.1, 0.15) is 6.17 Å². The van der Waals surface area contributed by atoms with Gasteiger partial charge in [-0.05, 0) is 68.4 Å². The van der Waals surface area contributed by atoms with Crippen LogP contribution in [-0.2, 0) is 9.36 Å². The number of hydroxylamine groups is 2. The third-order valence-electron chi connectivity index (χ3n) is 7.82. The molecule has 162 valence electrons. The second-order valence-corrected chi connectivity index (χ2v) is 15.5. The molecule has 0 spiro atoms. The zero-order valence-corrected chi connectivity index (χ0v) is 20.1. The first-order valence-electron chi connectivity index (χ1n) is 11.7. The molecule has 4 nitrogen and oxygen atoms in total. The molecule has 0 amide bonds. The number of benzene rings is 1. The van der Waals surface area contributed by atoms with Crippen LogP contribution in [0.4, 0.5) is 0 Å². The van der Waals surface area contributed by atoms with E-state index in [9.17, 15) is 0 Å². The lowest BCUT2D eigenvalue weighted by molar-refractivity contribution is -0.421. The Morgan fingerprint density at radius 3 is 2.28 bits per heavy atom. The van der Waals surface area contributed by atoms with E-state index in [0.29, 0.717) is 11.8 Å². The Bertz CT molecular complexity index is 669. The molecular formula is C24H40N2O2Si. The van der Waals surface area contributed by atoms with E-state index in [1.807, 2.05) is 5.23 Å². The van der Waals surface area contributed by atoms with Gasteiger partial charge in [0.05, 0.1) is 6.10 Å². The largest absolute Gasteiger partial charge is 0.319 e. The molecule has 4 rings (SSSR count). The Hall–Kier alpha value is -0.723. The topological polar surface area (TPSA) is 24.9 Å². The van der Waals surface area contributed by atoms with Crippen LogP contribution in [0.25, 0.3) is 0 Å². The Morgan fingerprint density at radius 1 is 0.966 bits per heavy atom. The van der Waals surface area contributed by atoms with Crippen LogP contribution < -0.4 is 0 Å². The summed E-state index contributed by atoms with van der Waals surface area (Å²) in [5, 5.41) is 2.16. The van der Waals surface area contributed by atoms with Crippen molar-refractivity contribution in [3.8, 4) is 0 Å². The highest BCUT2D eigenvalue weighted by atomic mass is 28.4. The summed E-state index contributed by atoms with van der Waals surface area (Å²) in [6.07, 6.45) is 8.01. The van der Waals surface area contributed by atoms with E-state index in [0.717, 1.165) is 19.5 Å². The molecule has 2 aliphatic heterocycles. The first-order chi connectivity index (χ1) is 13.8. The number of hydrogen-bond donors (Lipinski definition) is 0. The summed E-state index contributed by atoms with van der Waals surface area (Å²) < 4.78 is 6.88. The molecule has 1 aromatic carbocycles. The van der Waals surface area contributed by atoms with Crippen molar-refractivity contribution in [3.63, 3.8) is 0 Å². The van der Waals surface area contributed by atoms with Gasteiger partial charge in [0.2, 0.25) is 8.32 Å². The van der Waals surface area contributed by atoms with Crippen molar-refractivity contribution in [2.45, 2.75) is 95.6 Å². The fourth-order valence-corrected chi connectivity index (χ4v) is 5.99. The molecule has 1 aliphatic carbocycles. The summed E-state index contributed by atoms with van der Waals surface area (Å²) in [6.45, 7) is 13.9. The highest BCUT2D eigenvalue weighted by molar-refractivity contribution is 6.74. The average Bonchev–Trinajstić information content (AvgIpc) is 3.21. The Labute approximate surface area is 178 Å². The van der Waals surface area contributed by atoms with E-state index in [4.69, 9.17) is 9.36 Å². The normalized spacial score (nSPS) is 32.3. The quantitative estimate of drug-likeness (QED) is 0.568. The van der Waals surface area contributed by atoms with Crippen molar-refractivity contribution in [2.24, 2.45) is 5.92 Å². The summed E-state index contributed by atoms with van der Waals surface area (Å²) in [5.41, 5.74) is 1.45. The smallest absolute Gasteiger partial charge is 0.223 e. The predicted molar refractivity (Wildman–Crippen MR) is 121 cm³/mol. The standard InChI is InChI=1S/C24H40N2O2Si/c1-24(2,3)29(4,5)28-26-23(25-17-11-12-18-25)22(19-13-7-6-8-14-19)20-15-9-10-16-21(20)27-26/h6-8,13-14,20-23H,9-12,15-18H2,1-5H3/t20-,21+,22+,23+/m1/s1. The molecule has 5 heteroatoms. The van der Waals surface area contributed by atoms with E-state index >= 15 is 0 Å². The molecule has 0 aromatic heterocycles. The fraction of sp³-hybridized carbons (Fsp3) is 0.750. The summed E-state index contributed by atoms with van der Waals surface area (Å²) in [7, 11) is -2.00. The maximum Gasteiger partial charge on any atom is 0.223 e. The Balaban J connectivity index is 1.72. The summed E-state index contributed by atoms with van der Waals surface area (Å²) in [6, 6.07) is 11.2. The van der Waals surface area contributed by atoms with Crippen LogP contribution in [0.1, 0.15) is 70.8 Å². The van der Waals surface area contributed by atoms with Gasteiger partial charge in [-0.15, -0.1) is 0 Å². The van der Waals surface area contributed by atoms with Gasteiger partial charge >= 0.3 is 0 Å². The molecule has 0 unspecified atom stereocenters. The highest BCUT2D eigenvalue weighted by Crippen LogP contribution is 2.48. The molecule has 2 heterocycles. The third kappa shape index (κ3) is 4.35. The van der Waals surface area contributed by atoms with Crippen molar-refractivity contribution < 1.29 is 9.36 Å². The van der Waals surface area contributed by atoms with Crippen LogP contribution in [0.3, 0.4) is 0 Å². The molecule has 1 aromatic rings. The highest BCUT2D eigenvalue weighted by Gasteiger charge is 2.52. The summed E-state index contributed by atoms with van der Waals surface area (Å²) in [4.78, 5) is 9.34. The van der Waals surface area contributed by atoms with Gasteiger partial charge < -0.3 is 4.53 Å². The average molecular weight is 417 g/mol. The van der Waals surface area contributed by atoms with Crippen molar-refractivity contribution in [1.82, 2.24) is 10.1 Å². The molecular weight excluding hydrogens is 376 g/mol. The first-order valence-corrected chi connectivity index (χ1v) is 14.6. The Morgan fingerprint density at radius 2 is 1.62 bits per heavy atom. The van der Waals surface area contributed by atoms with Gasteiger partial charge in [0.15, 0.2) is 0 Å². The lowest BCUT2D eigenvalue weighted by atomic mass is 9.72. The minimum Gasteiger partial charge on any atom is -0.319 e. The van der Waals surface area contributed by atoms with Gasteiger partial charge in [-0.2, -0.15) is 0 Å². The van der Waals surface area contributed by atoms with E-state index < -0.39 is 8.32 Å². The van der Waals surface area contributed by atoms with Crippen molar-refractivity contribution in [1.29, 1.82) is 0 Å². The molecule has 0 N–H and O–H groups in total. The zero-order valence-electron chi connectivity index (χ0n) is 19.1. The molecule has 2 saturated heterocycles. The summed E-state index contributed by atoms with van der Waals surface area (Å²) >= 11 is 0. The molecule has 3 fully saturated rings. The summed E-state index contributed by atoms with van der Waals surface area (Å²) in [5.74, 6) is 1.02. The second kappa shape index (κ2) is 8.43. The minimum atomic E-state index is -2.00. The predicted octanol–water partition coefficient (Wildman–Crippen LogP) is 5.93. The van der Waals surface area contributed by atoms with Gasteiger partial charge in [0, 0.05) is 5.92 Å². The van der Waals surface area contributed by atoms with Crippen LogP contribution in [0.2, 0.25) is 18.1 Å². The van der Waals surface area contributed by atoms with Gasteiger partial charge in [-0.3, -0.25) is 9.74 Å². The SMILES string of the molecule is CC(C)(C)[Si](C)(C)ON1O[C@H]2CCCC[C@H]2[C@H](c2ccccc2)[C@H]1N1CCCC1. The number of fused-ring (bicyclic) bond motifs is 1. The van der Waals surface area contributed by atoms with E-state index in [1.54, 1.807) is 0 Å². The number of hydrogen-bond acceptors (Lipinski definition) is 4. The molecule has 3 aliphatic rings. The lowest BCUT2D eigenvalue weighted by Gasteiger charge is -2.54. The van der Waals surface area contributed by atoms with E-state index in [-0.39, 0.29) is 17.3 Å². The number of nitrogens with zero attached hydrogens (tertiary/aromatic N) is 2. The second-order valence-electron chi connectivity index (χ2n) is 10.8. The van der Waals surface area contributed by atoms with Crippen LogP contribution in [0, 0.1) is 5.92 Å². The Kier molecular flexibility index (Phi) is 6.25. The minimum absolute atomic E-state index is 0.150. The maximum absolute atomic E-state index is 6.88. The number of rotatable bonds is 4. The molecule has 4 atom stereocenters. The van der Waals surface area contributed by atoms with Crippen LogP contribution in [0.5, 0.6) is 0 Å². The van der Waals surface area contributed by atoms with Crippen LogP contribution in [0.15, 0.2) is 30.3 Å². The maximum atomic E-state index is 6.88.